The maximum atomic E-state index is 13.5. The number of hydrogen-bond donors (Lipinski definition) is 2. The Morgan fingerprint density at radius 1 is 1.00 bits per heavy atom. The number of amides is 2. The number of nitrogens with zero attached hydrogens (tertiary/aromatic N) is 2. The van der Waals surface area contributed by atoms with Crippen molar-refractivity contribution >= 4 is 46.1 Å². The lowest BCUT2D eigenvalue weighted by atomic mass is 10.1. The molecule has 1 heterocycles. The SMILES string of the molecule is CC(C)NC(=O)c1ccc(Cn2c(SCC(=O)NCCc3ccccc3)nc3ccc(Cl)cc3c2=O)cc1. The van der Waals surface area contributed by atoms with Crippen molar-refractivity contribution in [3.8, 4) is 0 Å². The molecule has 38 heavy (non-hydrogen) atoms. The summed E-state index contributed by atoms with van der Waals surface area (Å²) < 4.78 is 1.55. The third kappa shape index (κ3) is 7.24. The molecule has 0 bridgehead atoms. The maximum absolute atomic E-state index is 13.5. The van der Waals surface area contributed by atoms with Gasteiger partial charge in [-0.15, -0.1) is 0 Å². The van der Waals surface area contributed by atoms with Gasteiger partial charge in [0.15, 0.2) is 5.16 Å². The summed E-state index contributed by atoms with van der Waals surface area (Å²) in [5.41, 5.74) is 2.79. The highest BCUT2D eigenvalue weighted by Gasteiger charge is 2.15. The molecule has 0 atom stereocenters. The predicted octanol–water partition coefficient (Wildman–Crippen LogP) is 4.69. The first-order chi connectivity index (χ1) is 18.3. The second kappa shape index (κ2) is 12.8. The smallest absolute Gasteiger partial charge is 0.262 e. The quantitative estimate of drug-likeness (QED) is 0.221. The standard InChI is InChI=1S/C29H29ClN4O3S/c1-19(2)32-27(36)22-10-8-21(9-11-22)17-34-28(37)24-16-23(30)12-13-25(24)33-29(34)38-18-26(35)31-15-14-20-6-4-3-5-7-20/h3-13,16,19H,14-15,17-18H2,1-2H3,(H,31,35)(H,32,36). The molecular formula is C29H29ClN4O3S. The van der Waals surface area contributed by atoms with Gasteiger partial charge in [0.2, 0.25) is 5.91 Å². The molecule has 4 rings (SSSR count). The number of carbonyl (C=O) groups is 2. The molecule has 0 aliphatic carbocycles. The molecule has 2 amide bonds. The zero-order valence-corrected chi connectivity index (χ0v) is 22.8. The van der Waals surface area contributed by atoms with Gasteiger partial charge < -0.3 is 10.6 Å². The van der Waals surface area contributed by atoms with Gasteiger partial charge in [0.05, 0.1) is 23.2 Å². The molecule has 0 fully saturated rings. The Balaban J connectivity index is 1.52. The van der Waals surface area contributed by atoms with Gasteiger partial charge in [-0.25, -0.2) is 4.98 Å². The van der Waals surface area contributed by atoms with Gasteiger partial charge in [0, 0.05) is 23.2 Å². The molecular weight excluding hydrogens is 520 g/mol. The fourth-order valence-electron chi connectivity index (χ4n) is 3.88. The molecule has 0 unspecified atom stereocenters. The van der Waals surface area contributed by atoms with Crippen molar-refractivity contribution in [1.29, 1.82) is 0 Å². The van der Waals surface area contributed by atoms with Crippen molar-refractivity contribution in [2.75, 3.05) is 12.3 Å². The van der Waals surface area contributed by atoms with E-state index in [9.17, 15) is 14.4 Å². The van der Waals surface area contributed by atoms with Crippen LogP contribution in [0.15, 0.2) is 82.7 Å². The van der Waals surface area contributed by atoms with Gasteiger partial charge in [0.25, 0.3) is 11.5 Å². The van der Waals surface area contributed by atoms with Crippen LogP contribution in [0.2, 0.25) is 5.02 Å². The summed E-state index contributed by atoms with van der Waals surface area (Å²) in [6, 6.07) is 22.1. The van der Waals surface area contributed by atoms with E-state index in [1.54, 1.807) is 34.9 Å². The highest BCUT2D eigenvalue weighted by Crippen LogP contribution is 2.21. The van der Waals surface area contributed by atoms with Crippen molar-refractivity contribution in [3.63, 3.8) is 0 Å². The fraction of sp³-hybridized carbons (Fsp3) is 0.241. The first-order valence-corrected chi connectivity index (χ1v) is 13.7. The first kappa shape index (κ1) is 27.4. The summed E-state index contributed by atoms with van der Waals surface area (Å²) in [5.74, 6) is -0.169. The molecule has 7 nitrogen and oxygen atoms in total. The number of carbonyl (C=O) groups excluding carboxylic acids is 2. The number of aromatic nitrogens is 2. The van der Waals surface area contributed by atoms with E-state index in [0.717, 1.165) is 17.5 Å². The Bertz CT molecular complexity index is 1490. The molecule has 196 valence electrons. The summed E-state index contributed by atoms with van der Waals surface area (Å²) in [4.78, 5) is 43.0. The van der Waals surface area contributed by atoms with Crippen LogP contribution in [0.5, 0.6) is 0 Å². The predicted molar refractivity (Wildman–Crippen MR) is 153 cm³/mol. The van der Waals surface area contributed by atoms with Crippen molar-refractivity contribution in [2.45, 2.75) is 38.0 Å². The van der Waals surface area contributed by atoms with Crippen molar-refractivity contribution in [3.05, 3.63) is 105 Å². The number of rotatable bonds is 10. The van der Waals surface area contributed by atoms with Crippen LogP contribution in [0.1, 0.15) is 35.3 Å². The Hall–Kier alpha value is -3.62. The highest BCUT2D eigenvalue weighted by molar-refractivity contribution is 7.99. The van der Waals surface area contributed by atoms with Crippen LogP contribution >= 0.6 is 23.4 Å². The average molecular weight is 549 g/mol. The number of nitrogens with one attached hydrogen (secondary N) is 2. The van der Waals surface area contributed by atoms with E-state index in [0.29, 0.717) is 33.2 Å². The zero-order chi connectivity index (χ0) is 27.1. The Morgan fingerprint density at radius 3 is 2.45 bits per heavy atom. The average Bonchev–Trinajstić information content (AvgIpc) is 2.90. The first-order valence-electron chi connectivity index (χ1n) is 12.3. The molecule has 1 aromatic heterocycles. The molecule has 0 saturated carbocycles. The van der Waals surface area contributed by atoms with Crippen molar-refractivity contribution in [2.24, 2.45) is 0 Å². The summed E-state index contributed by atoms with van der Waals surface area (Å²) in [6.07, 6.45) is 0.738. The van der Waals surface area contributed by atoms with E-state index < -0.39 is 0 Å². The van der Waals surface area contributed by atoms with Crippen LogP contribution in [-0.2, 0) is 17.8 Å². The maximum Gasteiger partial charge on any atom is 0.262 e. The fourth-order valence-corrected chi connectivity index (χ4v) is 4.88. The number of hydrogen-bond acceptors (Lipinski definition) is 5. The largest absolute Gasteiger partial charge is 0.355 e. The van der Waals surface area contributed by atoms with E-state index in [2.05, 4.69) is 15.6 Å². The van der Waals surface area contributed by atoms with E-state index in [1.165, 1.54) is 11.8 Å². The van der Waals surface area contributed by atoms with E-state index >= 15 is 0 Å². The molecule has 0 aliphatic heterocycles. The third-order valence-corrected chi connectivity index (χ3v) is 6.98. The van der Waals surface area contributed by atoms with Gasteiger partial charge >= 0.3 is 0 Å². The summed E-state index contributed by atoms with van der Waals surface area (Å²) in [5, 5.41) is 7.08. The van der Waals surface area contributed by atoms with Gasteiger partial charge in [-0.2, -0.15) is 0 Å². The monoisotopic (exact) mass is 548 g/mol. The van der Waals surface area contributed by atoms with Crippen molar-refractivity contribution < 1.29 is 9.59 Å². The lowest BCUT2D eigenvalue weighted by Gasteiger charge is -2.14. The Labute approximate surface area is 230 Å². The molecule has 0 saturated heterocycles. The second-order valence-electron chi connectivity index (χ2n) is 9.15. The minimum Gasteiger partial charge on any atom is -0.355 e. The topological polar surface area (TPSA) is 93.1 Å². The van der Waals surface area contributed by atoms with Crippen LogP contribution in [0.3, 0.4) is 0 Å². The van der Waals surface area contributed by atoms with Gasteiger partial charge in [0.1, 0.15) is 0 Å². The Kier molecular flexibility index (Phi) is 9.20. The number of benzene rings is 3. The Morgan fingerprint density at radius 2 is 1.74 bits per heavy atom. The number of halogens is 1. The highest BCUT2D eigenvalue weighted by atomic mass is 35.5. The van der Waals surface area contributed by atoms with Crippen LogP contribution in [-0.4, -0.2) is 39.7 Å². The van der Waals surface area contributed by atoms with E-state index in [1.807, 2.05) is 56.3 Å². The van der Waals surface area contributed by atoms with Crippen LogP contribution in [0, 0.1) is 0 Å². The minimum absolute atomic E-state index is 0.0337. The zero-order valence-electron chi connectivity index (χ0n) is 21.2. The molecule has 3 aromatic carbocycles. The summed E-state index contributed by atoms with van der Waals surface area (Å²) in [7, 11) is 0. The molecule has 9 heteroatoms. The lowest BCUT2D eigenvalue weighted by Crippen LogP contribution is -2.30. The number of thioether (sulfide) groups is 1. The van der Waals surface area contributed by atoms with E-state index in [4.69, 9.17) is 11.6 Å². The van der Waals surface area contributed by atoms with Crippen LogP contribution < -0.4 is 16.2 Å². The van der Waals surface area contributed by atoms with Crippen LogP contribution in [0.4, 0.5) is 0 Å². The van der Waals surface area contributed by atoms with Gasteiger partial charge in [-0.1, -0.05) is 65.8 Å². The third-order valence-electron chi connectivity index (χ3n) is 5.77. The normalized spacial score (nSPS) is 11.1. The molecule has 0 spiro atoms. The molecule has 4 aromatic rings. The summed E-state index contributed by atoms with van der Waals surface area (Å²) in [6.45, 7) is 4.57. The van der Waals surface area contributed by atoms with Gasteiger partial charge in [-0.05, 0) is 61.7 Å². The summed E-state index contributed by atoms with van der Waals surface area (Å²) >= 11 is 7.36. The lowest BCUT2D eigenvalue weighted by molar-refractivity contribution is -0.118. The molecule has 2 N–H and O–H groups in total. The van der Waals surface area contributed by atoms with Gasteiger partial charge in [-0.3, -0.25) is 19.0 Å². The second-order valence-corrected chi connectivity index (χ2v) is 10.5. The van der Waals surface area contributed by atoms with Crippen LogP contribution in [0.25, 0.3) is 10.9 Å². The molecule has 0 aliphatic rings. The number of fused-ring (bicyclic) bond motifs is 1. The van der Waals surface area contributed by atoms with Crippen molar-refractivity contribution in [1.82, 2.24) is 20.2 Å². The van der Waals surface area contributed by atoms with E-state index in [-0.39, 0.29) is 35.7 Å². The minimum atomic E-state index is -0.244. The molecule has 0 radical (unpaired) electrons.